The Morgan fingerprint density at radius 1 is 1.32 bits per heavy atom. The summed E-state index contributed by atoms with van der Waals surface area (Å²) in [4.78, 5) is 5.89. The van der Waals surface area contributed by atoms with Gasteiger partial charge in [-0.1, -0.05) is 5.92 Å². The maximum atomic E-state index is 12.5. The van der Waals surface area contributed by atoms with Crippen molar-refractivity contribution in [3.8, 4) is 11.8 Å². The number of allylic oxidation sites excluding steroid dienone is 1. The minimum absolute atomic E-state index is 0.323. The molecule has 7 heteroatoms. The first kappa shape index (κ1) is 20.2. The third-order valence-electron chi connectivity index (χ3n) is 4.88. The van der Waals surface area contributed by atoms with Gasteiger partial charge in [-0.15, -0.1) is 5.92 Å². The number of aliphatic imine (C=N–C) groups is 1. The van der Waals surface area contributed by atoms with E-state index >= 15 is 0 Å². The Morgan fingerprint density at radius 2 is 1.96 bits per heavy atom. The number of likely N-dealkylation sites (tertiary alicyclic amines) is 1. The monoisotopic (exact) mass is 374 g/mol. The van der Waals surface area contributed by atoms with Crippen LogP contribution in [-0.4, -0.2) is 52.1 Å². The van der Waals surface area contributed by atoms with Crippen molar-refractivity contribution in [3.63, 3.8) is 0 Å². The van der Waals surface area contributed by atoms with Crippen LogP contribution >= 0.6 is 0 Å². The average molecular weight is 374 g/mol. The predicted molar refractivity (Wildman–Crippen MR) is 95.9 cm³/mol. The Balaban J connectivity index is 1.78. The highest BCUT2D eigenvalue weighted by molar-refractivity contribution is 7.86. The Labute approximate surface area is 150 Å². The summed E-state index contributed by atoms with van der Waals surface area (Å²) in [5.41, 5.74) is 0.0975. The SMILES string of the molecule is CC#C/C(=C\N=C(C)C(F)(F)F)CCCN1CCC2(CC1)CS(=O)C2. The van der Waals surface area contributed by atoms with Crippen LogP contribution in [0.4, 0.5) is 13.2 Å². The van der Waals surface area contributed by atoms with Crippen LogP contribution in [0.1, 0.15) is 39.5 Å². The Hall–Kier alpha value is -1.13. The first-order valence-corrected chi connectivity index (χ1v) is 10.0. The van der Waals surface area contributed by atoms with Crippen molar-refractivity contribution in [1.29, 1.82) is 0 Å². The highest BCUT2D eigenvalue weighted by atomic mass is 32.2. The van der Waals surface area contributed by atoms with E-state index in [-0.39, 0.29) is 0 Å². The zero-order valence-corrected chi connectivity index (χ0v) is 15.6. The van der Waals surface area contributed by atoms with Crippen molar-refractivity contribution in [2.75, 3.05) is 31.1 Å². The second-order valence-corrected chi connectivity index (χ2v) is 8.37. The fraction of sp³-hybridized carbons (Fsp3) is 0.722. The lowest BCUT2D eigenvalue weighted by atomic mass is 9.81. The second kappa shape index (κ2) is 8.50. The molecule has 0 aliphatic carbocycles. The quantitative estimate of drug-likeness (QED) is 0.545. The van der Waals surface area contributed by atoms with Crippen molar-refractivity contribution < 1.29 is 17.4 Å². The van der Waals surface area contributed by atoms with Crippen LogP contribution in [0.5, 0.6) is 0 Å². The van der Waals surface area contributed by atoms with Gasteiger partial charge in [-0.3, -0.25) is 9.20 Å². The second-order valence-electron chi connectivity index (χ2n) is 6.92. The van der Waals surface area contributed by atoms with Gasteiger partial charge in [-0.25, -0.2) is 0 Å². The molecule has 0 bridgehead atoms. The summed E-state index contributed by atoms with van der Waals surface area (Å²) in [6.07, 6.45) is 0.530. The number of hydrogen-bond acceptors (Lipinski definition) is 3. The van der Waals surface area contributed by atoms with Crippen molar-refractivity contribution in [1.82, 2.24) is 4.90 Å². The molecule has 2 saturated heterocycles. The molecule has 2 heterocycles. The third kappa shape index (κ3) is 5.96. The molecule has 2 rings (SSSR count). The minimum Gasteiger partial charge on any atom is -0.303 e. The normalized spacial score (nSPS) is 22.4. The maximum Gasteiger partial charge on any atom is 0.429 e. The molecule has 3 nitrogen and oxygen atoms in total. The maximum absolute atomic E-state index is 12.5. The zero-order chi connectivity index (χ0) is 18.5. The number of piperidine rings is 1. The molecule has 2 aliphatic heterocycles. The van der Waals surface area contributed by atoms with Gasteiger partial charge >= 0.3 is 6.18 Å². The van der Waals surface area contributed by atoms with E-state index in [2.05, 4.69) is 21.7 Å². The van der Waals surface area contributed by atoms with E-state index in [1.165, 1.54) is 6.20 Å². The van der Waals surface area contributed by atoms with E-state index in [9.17, 15) is 17.4 Å². The summed E-state index contributed by atoms with van der Waals surface area (Å²) in [7, 11) is -0.601. The lowest BCUT2D eigenvalue weighted by molar-refractivity contribution is -0.0591. The highest BCUT2D eigenvalue weighted by Crippen LogP contribution is 2.40. The van der Waals surface area contributed by atoms with Crippen LogP contribution in [0.3, 0.4) is 0 Å². The first-order valence-electron chi connectivity index (χ1n) is 8.55. The van der Waals surface area contributed by atoms with Crippen LogP contribution in [-0.2, 0) is 10.8 Å². The lowest BCUT2D eigenvalue weighted by Gasteiger charge is -2.47. The van der Waals surface area contributed by atoms with E-state index in [1.807, 2.05) is 0 Å². The van der Waals surface area contributed by atoms with Crippen LogP contribution in [0.15, 0.2) is 16.8 Å². The van der Waals surface area contributed by atoms with Gasteiger partial charge in [0, 0.05) is 34.1 Å². The molecule has 0 aromatic rings. The lowest BCUT2D eigenvalue weighted by Crippen LogP contribution is -2.52. The van der Waals surface area contributed by atoms with Gasteiger partial charge in [0.1, 0.15) is 5.71 Å². The summed E-state index contributed by atoms with van der Waals surface area (Å²) in [5.74, 6) is 7.30. The van der Waals surface area contributed by atoms with Gasteiger partial charge in [-0.2, -0.15) is 13.2 Å². The number of hydrogen-bond donors (Lipinski definition) is 0. The molecule has 0 radical (unpaired) electrons. The molecule has 0 aromatic heterocycles. The topological polar surface area (TPSA) is 32.7 Å². The van der Waals surface area contributed by atoms with Gasteiger partial charge in [0.15, 0.2) is 0 Å². The molecule has 0 saturated carbocycles. The van der Waals surface area contributed by atoms with Crippen LogP contribution in [0, 0.1) is 17.3 Å². The Bertz CT molecular complexity index is 610. The van der Waals surface area contributed by atoms with Gasteiger partial charge in [-0.05, 0) is 64.6 Å². The van der Waals surface area contributed by atoms with E-state index in [4.69, 9.17) is 0 Å². The van der Waals surface area contributed by atoms with E-state index in [0.717, 1.165) is 57.3 Å². The van der Waals surface area contributed by atoms with Crippen LogP contribution < -0.4 is 0 Å². The zero-order valence-electron chi connectivity index (χ0n) is 14.8. The summed E-state index contributed by atoms with van der Waals surface area (Å²) >= 11 is 0. The van der Waals surface area contributed by atoms with Crippen molar-refractivity contribution >= 4 is 16.5 Å². The van der Waals surface area contributed by atoms with E-state index in [1.54, 1.807) is 6.92 Å². The summed E-state index contributed by atoms with van der Waals surface area (Å²) < 4.78 is 48.8. The summed E-state index contributed by atoms with van der Waals surface area (Å²) in [6, 6.07) is 0. The van der Waals surface area contributed by atoms with Gasteiger partial charge in [0.25, 0.3) is 0 Å². The third-order valence-corrected chi connectivity index (χ3v) is 6.75. The van der Waals surface area contributed by atoms with Crippen molar-refractivity contribution in [3.05, 3.63) is 11.8 Å². The van der Waals surface area contributed by atoms with Gasteiger partial charge < -0.3 is 4.90 Å². The number of rotatable bonds is 5. The molecule has 1 spiro atoms. The van der Waals surface area contributed by atoms with Crippen molar-refractivity contribution in [2.45, 2.75) is 45.7 Å². The number of halogens is 3. The Morgan fingerprint density at radius 3 is 2.48 bits per heavy atom. The standard InChI is InChI=1S/C18H25F3N2OS/c1-3-5-16(12-22-15(2)18(19,20)21)6-4-9-23-10-7-17(8-11-23)13-25(24)14-17/h12H,4,6-11,13-14H2,1-2H3/b16-12+,22-15?. The average Bonchev–Trinajstić information content (AvgIpc) is 2.52. The molecule has 0 N–H and O–H groups in total. The predicted octanol–water partition coefficient (Wildman–Crippen LogP) is 3.54. The molecule has 25 heavy (non-hydrogen) atoms. The fourth-order valence-electron chi connectivity index (χ4n) is 3.24. The van der Waals surface area contributed by atoms with Crippen LogP contribution in [0.2, 0.25) is 0 Å². The molecule has 0 atom stereocenters. The first-order chi connectivity index (χ1) is 11.7. The summed E-state index contributed by atoms with van der Waals surface area (Å²) in [6.45, 7) is 5.57. The molecule has 0 aromatic carbocycles. The van der Waals surface area contributed by atoms with E-state index < -0.39 is 22.7 Å². The largest absolute Gasteiger partial charge is 0.429 e. The smallest absolute Gasteiger partial charge is 0.303 e. The fourth-order valence-corrected chi connectivity index (χ4v) is 5.10. The van der Waals surface area contributed by atoms with Gasteiger partial charge in [0.2, 0.25) is 0 Å². The van der Waals surface area contributed by atoms with Crippen LogP contribution in [0.25, 0.3) is 0 Å². The molecular weight excluding hydrogens is 349 g/mol. The number of nitrogens with zero attached hydrogens (tertiary/aromatic N) is 2. The molecule has 2 fully saturated rings. The van der Waals surface area contributed by atoms with E-state index in [0.29, 0.717) is 17.4 Å². The van der Waals surface area contributed by atoms with Gasteiger partial charge in [0.05, 0.1) is 0 Å². The Kier molecular flexibility index (Phi) is 6.86. The van der Waals surface area contributed by atoms with Crippen molar-refractivity contribution in [2.24, 2.45) is 10.4 Å². The summed E-state index contributed by atoms with van der Waals surface area (Å²) in [5, 5.41) is 0. The molecular formula is C18H25F3N2OS. The highest BCUT2D eigenvalue weighted by Gasteiger charge is 2.44. The molecule has 0 amide bonds. The molecule has 2 aliphatic rings. The number of alkyl halides is 3. The molecule has 0 unspecified atom stereocenters. The molecule has 140 valence electrons. The minimum atomic E-state index is -4.39.